The monoisotopic (exact) mass is 248 g/mol. The van der Waals surface area contributed by atoms with Crippen LogP contribution in [0.4, 0.5) is 0 Å². The summed E-state index contributed by atoms with van der Waals surface area (Å²) < 4.78 is 11.5. The zero-order valence-corrected chi connectivity index (χ0v) is 9.89. The molecule has 0 aromatic carbocycles. The number of aromatic nitrogens is 2. The first-order valence-corrected chi connectivity index (χ1v) is 6.21. The van der Waals surface area contributed by atoms with Crippen molar-refractivity contribution in [3.8, 4) is 0 Å². The Kier molecular flexibility index (Phi) is 4.31. The van der Waals surface area contributed by atoms with E-state index in [-0.39, 0.29) is 6.10 Å². The third-order valence-corrected chi connectivity index (χ3v) is 3.24. The molecule has 2 rings (SSSR count). The van der Waals surface area contributed by atoms with Crippen LogP contribution < -0.4 is 0 Å². The van der Waals surface area contributed by atoms with E-state index in [1.807, 2.05) is 0 Å². The Hall–Kier alpha value is -0.230. The van der Waals surface area contributed by atoms with E-state index in [9.17, 15) is 0 Å². The molecule has 1 aromatic rings. The van der Waals surface area contributed by atoms with Gasteiger partial charge in [0.05, 0.1) is 12.7 Å². The maximum absolute atomic E-state index is 5.65. The largest absolute Gasteiger partial charge is 0.376 e. The summed E-state index contributed by atoms with van der Waals surface area (Å²) in [7, 11) is 0. The van der Waals surface area contributed by atoms with Crippen molar-refractivity contribution in [1.29, 1.82) is 0 Å². The van der Waals surface area contributed by atoms with Crippen molar-refractivity contribution < 1.29 is 9.47 Å². The van der Waals surface area contributed by atoms with Crippen LogP contribution in [0.3, 0.4) is 0 Å². The van der Waals surface area contributed by atoms with Crippen LogP contribution >= 0.6 is 22.9 Å². The molecule has 1 fully saturated rings. The average Bonchev–Trinajstić information content (AvgIpc) is 2.66. The maximum Gasteiger partial charge on any atom is 0.207 e. The van der Waals surface area contributed by atoms with Gasteiger partial charge >= 0.3 is 0 Å². The zero-order chi connectivity index (χ0) is 10.5. The molecule has 0 saturated carbocycles. The van der Waals surface area contributed by atoms with Crippen LogP contribution in [0.2, 0.25) is 4.47 Å². The Morgan fingerprint density at radius 1 is 1.47 bits per heavy atom. The van der Waals surface area contributed by atoms with Gasteiger partial charge in [0, 0.05) is 6.61 Å². The van der Waals surface area contributed by atoms with Gasteiger partial charge in [0.25, 0.3) is 0 Å². The lowest BCUT2D eigenvalue weighted by Crippen LogP contribution is -2.24. The number of halogens is 1. The van der Waals surface area contributed by atoms with Gasteiger partial charge < -0.3 is 9.47 Å². The van der Waals surface area contributed by atoms with E-state index in [1.54, 1.807) is 0 Å². The summed E-state index contributed by atoms with van der Waals surface area (Å²) in [5.41, 5.74) is 0. The Morgan fingerprint density at radius 3 is 3.07 bits per heavy atom. The molecule has 0 N–H and O–H groups in total. The van der Waals surface area contributed by atoms with Crippen LogP contribution in [-0.4, -0.2) is 29.5 Å². The first kappa shape index (κ1) is 11.3. The Morgan fingerprint density at radius 2 is 2.40 bits per heavy atom. The molecule has 4 nitrogen and oxygen atoms in total. The topological polar surface area (TPSA) is 44.2 Å². The normalized spacial score (nSPS) is 21.8. The highest BCUT2D eigenvalue weighted by atomic mass is 35.5. The van der Waals surface area contributed by atoms with E-state index in [0.29, 0.717) is 17.7 Å². The SMILES string of the molecule is Clc1nnc(COCC2CCCCO2)s1. The third kappa shape index (κ3) is 3.68. The summed E-state index contributed by atoms with van der Waals surface area (Å²) in [5.74, 6) is 0. The second-order valence-corrected chi connectivity index (χ2v) is 5.10. The van der Waals surface area contributed by atoms with Crippen LogP contribution in [0.5, 0.6) is 0 Å². The maximum atomic E-state index is 5.65. The lowest BCUT2D eigenvalue weighted by Gasteiger charge is -2.21. The molecule has 1 unspecified atom stereocenters. The summed E-state index contributed by atoms with van der Waals surface area (Å²) in [5, 5.41) is 8.39. The van der Waals surface area contributed by atoms with Gasteiger partial charge in [-0.05, 0) is 30.9 Å². The minimum Gasteiger partial charge on any atom is -0.376 e. The van der Waals surface area contributed by atoms with E-state index in [4.69, 9.17) is 21.1 Å². The predicted octanol–water partition coefficient (Wildman–Crippen LogP) is 2.28. The fraction of sp³-hybridized carbons (Fsp3) is 0.778. The van der Waals surface area contributed by atoms with Crippen LogP contribution in [0.25, 0.3) is 0 Å². The standard InChI is InChI=1S/C9H13ClN2O2S/c10-9-12-11-8(15-9)6-13-5-7-3-1-2-4-14-7/h7H,1-6H2. The first-order valence-electron chi connectivity index (χ1n) is 5.02. The quantitative estimate of drug-likeness (QED) is 0.820. The molecular formula is C9H13ClN2O2S. The number of hydrogen-bond acceptors (Lipinski definition) is 5. The van der Waals surface area contributed by atoms with Gasteiger partial charge in [-0.15, -0.1) is 10.2 Å². The first-order chi connectivity index (χ1) is 7.34. The Labute approximate surface area is 97.6 Å². The molecule has 0 aliphatic carbocycles. The van der Waals surface area contributed by atoms with Gasteiger partial charge in [-0.25, -0.2) is 0 Å². The summed E-state index contributed by atoms with van der Waals surface area (Å²) in [6, 6.07) is 0. The van der Waals surface area contributed by atoms with Gasteiger partial charge in [-0.3, -0.25) is 0 Å². The minimum atomic E-state index is 0.252. The van der Waals surface area contributed by atoms with E-state index >= 15 is 0 Å². The predicted molar refractivity (Wildman–Crippen MR) is 58.2 cm³/mol. The van der Waals surface area contributed by atoms with Crippen molar-refractivity contribution in [2.75, 3.05) is 13.2 Å². The van der Waals surface area contributed by atoms with Crippen LogP contribution in [-0.2, 0) is 16.1 Å². The molecule has 0 bridgehead atoms. The summed E-state index contributed by atoms with van der Waals surface area (Å²) in [6.07, 6.45) is 3.75. The molecule has 1 aliphatic rings. The molecule has 0 amide bonds. The zero-order valence-electron chi connectivity index (χ0n) is 8.32. The van der Waals surface area contributed by atoms with E-state index in [2.05, 4.69) is 10.2 Å². The second-order valence-electron chi connectivity index (χ2n) is 3.45. The van der Waals surface area contributed by atoms with Crippen LogP contribution in [0, 0.1) is 0 Å². The van der Waals surface area contributed by atoms with Gasteiger partial charge in [0.2, 0.25) is 4.47 Å². The molecule has 6 heteroatoms. The fourth-order valence-electron chi connectivity index (χ4n) is 1.51. The molecular weight excluding hydrogens is 236 g/mol. The lowest BCUT2D eigenvalue weighted by molar-refractivity contribution is -0.0448. The van der Waals surface area contributed by atoms with E-state index < -0.39 is 0 Å². The minimum absolute atomic E-state index is 0.252. The van der Waals surface area contributed by atoms with Crippen LogP contribution in [0.15, 0.2) is 0 Å². The third-order valence-electron chi connectivity index (χ3n) is 2.25. The van der Waals surface area contributed by atoms with Gasteiger partial charge in [0.15, 0.2) is 0 Å². The number of rotatable bonds is 4. The molecule has 1 saturated heterocycles. The molecule has 84 valence electrons. The van der Waals surface area contributed by atoms with Crippen molar-refractivity contribution in [1.82, 2.24) is 10.2 Å². The second kappa shape index (κ2) is 5.75. The molecule has 1 aromatic heterocycles. The van der Waals surface area contributed by atoms with Crippen molar-refractivity contribution in [2.24, 2.45) is 0 Å². The highest BCUT2D eigenvalue weighted by molar-refractivity contribution is 7.15. The van der Waals surface area contributed by atoms with Crippen molar-refractivity contribution >= 4 is 22.9 Å². The molecule has 0 radical (unpaired) electrons. The average molecular weight is 249 g/mol. The van der Waals surface area contributed by atoms with Gasteiger partial charge in [0.1, 0.15) is 11.6 Å². The van der Waals surface area contributed by atoms with Gasteiger partial charge in [-0.1, -0.05) is 11.3 Å². The molecule has 2 heterocycles. The summed E-state index contributed by atoms with van der Waals surface area (Å²) in [4.78, 5) is 0. The molecule has 1 aliphatic heterocycles. The van der Waals surface area contributed by atoms with Crippen molar-refractivity contribution in [2.45, 2.75) is 32.0 Å². The summed E-state index contributed by atoms with van der Waals surface area (Å²) >= 11 is 7.00. The van der Waals surface area contributed by atoms with Crippen molar-refractivity contribution in [3.63, 3.8) is 0 Å². The highest BCUT2D eigenvalue weighted by Gasteiger charge is 2.14. The molecule has 1 atom stereocenters. The van der Waals surface area contributed by atoms with E-state index in [0.717, 1.165) is 18.0 Å². The smallest absolute Gasteiger partial charge is 0.207 e. The van der Waals surface area contributed by atoms with Crippen molar-refractivity contribution in [3.05, 3.63) is 9.47 Å². The molecule has 0 spiro atoms. The van der Waals surface area contributed by atoms with Crippen LogP contribution in [0.1, 0.15) is 24.3 Å². The number of nitrogens with zero attached hydrogens (tertiary/aromatic N) is 2. The number of ether oxygens (including phenoxy) is 2. The molecule has 15 heavy (non-hydrogen) atoms. The van der Waals surface area contributed by atoms with Gasteiger partial charge in [-0.2, -0.15) is 0 Å². The van der Waals surface area contributed by atoms with E-state index in [1.165, 1.54) is 24.2 Å². The highest BCUT2D eigenvalue weighted by Crippen LogP contribution is 2.17. The fourth-order valence-corrected chi connectivity index (χ4v) is 2.31. The lowest BCUT2D eigenvalue weighted by atomic mass is 10.1. The number of hydrogen-bond donors (Lipinski definition) is 0. The Bertz CT molecular complexity index is 302. The summed E-state index contributed by atoms with van der Waals surface area (Å²) in [6.45, 7) is 1.97. The Balaban J connectivity index is 1.65.